The number of primary sulfonamides is 1. The van der Waals surface area contributed by atoms with Gasteiger partial charge in [0.25, 0.3) is 0 Å². The maximum Gasteiger partial charge on any atom is 0.238 e. The Balaban J connectivity index is 1.90. The molecule has 0 aliphatic heterocycles. The molecule has 0 bridgehead atoms. The Labute approximate surface area is 159 Å². The summed E-state index contributed by atoms with van der Waals surface area (Å²) in [5, 5.41) is 12.2. The minimum absolute atomic E-state index is 0.116. The topological polar surface area (TPSA) is 96.6 Å². The van der Waals surface area contributed by atoms with Gasteiger partial charge in [-0.15, -0.1) is 0 Å². The van der Waals surface area contributed by atoms with Crippen LogP contribution >= 0.6 is 11.6 Å². The fourth-order valence-corrected chi connectivity index (χ4v) is 3.05. The fourth-order valence-electron chi connectivity index (χ4n) is 2.32. The number of hydrogen-bond acceptors (Lipinski definition) is 3. The third kappa shape index (κ3) is 6.67. The number of halogens is 1. The Morgan fingerprint density at radius 1 is 1.12 bits per heavy atom. The summed E-state index contributed by atoms with van der Waals surface area (Å²) in [6, 6.07) is 14.2. The third-order valence-electron chi connectivity index (χ3n) is 3.61. The quantitative estimate of drug-likeness (QED) is 0.495. The van der Waals surface area contributed by atoms with Gasteiger partial charge in [-0.1, -0.05) is 35.9 Å². The third-order valence-corrected chi connectivity index (χ3v) is 4.78. The van der Waals surface area contributed by atoms with Crippen LogP contribution in [0.4, 0.5) is 0 Å². The molecule has 0 heterocycles. The zero-order valence-electron chi connectivity index (χ0n) is 14.6. The number of aliphatic imine (C=N–C) groups is 1. The van der Waals surface area contributed by atoms with Crippen LogP contribution in [0.15, 0.2) is 58.4 Å². The van der Waals surface area contributed by atoms with Crippen LogP contribution in [-0.4, -0.2) is 27.5 Å². The minimum atomic E-state index is -3.65. The lowest BCUT2D eigenvalue weighted by Crippen LogP contribution is -2.38. The number of nitrogens with one attached hydrogen (secondary N) is 2. The van der Waals surface area contributed by atoms with E-state index in [2.05, 4.69) is 15.6 Å². The summed E-state index contributed by atoms with van der Waals surface area (Å²) < 4.78 is 22.5. The molecule has 0 unspecified atom stereocenters. The molecule has 26 heavy (non-hydrogen) atoms. The van der Waals surface area contributed by atoms with E-state index in [0.717, 1.165) is 24.1 Å². The maximum absolute atomic E-state index is 11.3. The van der Waals surface area contributed by atoms with Gasteiger partial charge in [0, 0.05) is 18.1 Å². The number of sulfonamides is 1. The van der Waals surface area contributed by atoms with Crippen LogP contribution in [0.25, 0.3) is 0 Å². The van der Waals surface area contributed by atoms with Crippen LogP contribution in [0.3, 0.4) is 0 Å². The van der Waals surface area contributed by atoms with Crippen molar-refractivity contribution < 1.29 is 8.42 Å². The second-order valence-electron chi connectivity index (χ2n) is 5.69. The highest BCUT2D eigenvalue weighted by Crippen LogP contribution is 2.11. The molecule has 2 rings (SSSR count). The van der Waals surface area contributed by atoms with Crippen molar-refractivity contribution in [2.45, 2.75) is 24.8 Å². The van der Waals surface area contributed by atoms with E-state index in [1.165, 1.54) is 12.1 Å². The van der Waals surface area contributed by atoms with Crippen LogP contribution in [0.1, 0.15) is 18.1 Å². The van der Waals surface area contributed by atoms with E-state index >= 15 is 0 Å². The van der Waals surface area contributed by atoms with Gasteiger partial charge in [-0.2, -0.15) is 0 Å². The van der Waals surface area contributed by atoms with E-state index < -0.39 is 10.0 Å². The smallest absolute Gasteiger partial charge is 0.238 e. The molecule has 0 aliphatic carbocycles. The molecule has 140 valence electrons. The van der Waals surface area contributed by atoms with E-state index in [1.807, 2.05) is 31.2 Å². The summed E-state index contributed by atoms with van der Waals surface area (Å²) in [7, 11) is -3.65. The van der Waals surface area contributed by atoms with Gasteiger partial charge >= 0.3 is 0 Å². The zero-order chi connectivity index (χ0) is 19.0. The molecule has 8 heteroatoms. The van der Waals surface area contributed by atoms with Crippen LogP contribution in [0.5, 0.6) is 0 Å². The SMILES string of the molecule is CCNC(=NCc1cccc(Cl)c1)NCCc1ccc(S(N)(=O)=O)cc1. The first-order chi connectivity index (χ1) is 12.4. The van der Waals surface area contributed by atoms with Crippen molar-refractivity contribution >= 4 is 27.6 Å². The number of nitrogens with two attached hydrogens (primary N) is 1. The van der Waals surface area contributed by atoms with Crippen LogP contribution < -0.4 is 15.8 Å². The monoisotopic (exact) mass is 394 g/mol. The fraction of sp³-hybridized carbons (Fsp3) is 0.278. The van der Waals surface area contributed by atoms with Gasteiger partial charge in [0.1, 0.15) is 0 Å². The molecule has 2 aromatic carbocycles. The van der Waals surface area contributed by atoms with Gasteiger partial charge in [-0.3, -0.25) is 0 Å². The second kappa shape index (κ2) is 9.56. The molecule has 4 N–H and O–H groups in total. The maximum atomic E-state index is 11.3. The number of rotatable bonds is 7. The Hall–Kier alpha value is -2.09. The molecule has 0 aromatic heterocycles. The molecule has 0 aliphatic rings. The molecule has 0 saturated heterocycles. The molecular weight excluding hydrogens is 372 g/mol. The highest BCUT2D eigenvalue weighted by molar-refractivity contribution is 7.89. The second-order valence-corrected chi connectivity index (χ2v) is 7.69. The standard InChI is InChI=1S/C18H23ClN4O2S/c1-2-21-18(23-13-15-4-3-5-16(19)12-15)22-11-10-14-6-8-17(9-7-14)26(20,24)25/h3-9,12H,2,10-11,13H2,1H3,(H2,20,24,25)(H2,21,22,23). The first-order valence-corrected chi connectivity index (χ1v) is 10.2. The summed E-state index contributed by atoms with van der Waals surface area (Å²) in [6.45, 7) is 3.95. The lowest BCUT2D eigenvalue weighted by atomic mass is 10.1. The lowest BCUT2D eigenvalue weighted by molar-refractivity contribution is 0.598. The normalized spacial score (nSPS) is 12.0. The van der Waals surface area contributed by atoms with E-state index in [0.29, 0.717) is 24.1 Å². The molecule has 0 spiro atoms. The number of guanidine groups is 1. The number of nitrogens with zero attached hydrogens (tertiary/aromatic N) is 1. The molecule has 0 saturated carbocycles. The van der Waals surface area contributed by atoms with Gasteiger partial charge in [-0.25, -0.2) is 18.5 Å². The Bertz CT molecular complexity index is 852. The Morgan fingerprint density at radius 3 is 2.46 bits per heavy atom. The first-order valence-electron chi connectivity index (χ1n) is 8.27. The first kappa shape index (κ1) is 20.2. The van der Waals surface area contributed by atoms with Gasteiger partial charge in [0.05, 0.1) is 11.4 Å². The molecule has 0 amide bonds. The Kier molecular flexibility index (Phi) is 7.44. The summed E-state index contributed by atoms with van der Waals surface area (Å²) in [5.74, 6) is 0.716. The van der Waals surface area contributed by atoms with Crippen LogP contribution in [-0.2, 0) is 23.0 Å². The van der Waals surface area contributed by atoms with Crippen molar-refractivity contribution in [3.05, 3.63) is 64.7 Å². The Morgan fingerprint density at radius 2 is 1.85 bits per heavy atom. The largest absolute Gasteiger partial charge is 0.357 e. The molecule has 0 radical (unpaired) electrons. The summed E-state index contributed by atoms with van der Waals surface area (Å²) in [6.07, 6.45) is 0.729. The van der Waals surface area contributed by atoms with Crippen molar-refractivity contribution in [1.82, 2.24) is 10.6 Å². The number of hydrogen-bond donors (Lipinski definition) is 3. The predicted octanol–water partition coefficient (Wildman–Crippen LogP) is 2.29. The predicted molar refractivity (Wildman–Crippen MR) is 106 cm³/mol. The van der Waals surface area contributed by atoms with E-state index in [-0.39, 0.29) is 4.90 Å². The molecule has 0 fully saturated rings. The highest BCUT2D eigenvalue weighted by Gasteiger charge is 2.06. The molecule has 0 atom stereocenters. The van der Waals surface area contributed by atoms with E-state index in [1.54, 1.807) is 12.1 Å². The van der Waals surface area contributed by atoms with Crippen molar-refractivity contribution in [3.8, 4) is 0 Å². The zero-order valence-corrected chi connectivity index (χ0v) is 16.1. The van der Waals surface area contributed by atoms with E-state index in [9.17, 15) is 8.42 Å². The van der Waals surface area contributed by atoms with Crippen LogP contribution in [0.2, 0.25) is 5.02 Å². The van der Waals surface area contributed by atoms with Crippen molar-refractivity contribution in [1.29, 1.82) is 0 Å². The van der Waals surface area contributed by atoms with E-state index in [4.69, 9.17) is 16.7 Å². The average Bonchev–Trinajstić information content (AvgIpc) is 2.59. The summed E-state index contributed by atoms with van der Waals surface area (Å²) in [4.78, 5) is 4.66. The van der Waals surface area contributed by atoms with Crippen molar-refractivity contribution in [2.24, 2.45) is 10.1 Å². The summed E-state index contributed by atoms with van der Waals surface area (Å²) >= 11 is 5.99. The molecule has 2 aromatic rings. The lowest BCUT2D eigenvalue weighted by Gasteiger charge is -2.11. The molecule has 6 nitrogen and oxygen atoms in total. The van der Waals surface area contributed by atoms with Crippen molar-refractivity contribution in [3.63, 3.8) is 0 Å². The number of benzene rings is 2. The van der Waals surface area contributed by atoms with Crippen molar-refractivity contribution in [2.75, 3.05) is 13.1 Å². The summed E-state index contributed by atoms with van der Waals surface area (Å²) in [5.41, 5.74) is 2.05. The van der Waals surface area contributed by atoms with Gasteiger partial charge in [0.2, 0.25) is 10.0 Å². The van der Waals surface area contributed by atoms with Gasteiger partial charge in [0.15, 0.2) is 5.96 Å². The van der Waals surface area contributed by atoms with Gasteiger partial charge in [-0.05, 0) is 48.7 Å². The van der Waals surface area contributed by atoms with Crippen LogP contribution in [0, 0.1) is 0 Å². The highest BCUT2D eigenvalue weighted by atomic mass is 35.5. The molecular formula is C18H23ClN4O2S. The van der Waals surface area contributed by atoms with Gasteiger partial charge < -0.3 is 10.6 Å². The average molecular weight is 395 g/mol. The minimum Gasteiger partial charge on any atom is -0.357 e.